The van der Waals surface area contributed by atoms with E-state index < -0.39 is 38.8 Å². The molecule has 2 aliphatic heterocycles. The van der Waals surface area contributed by atoms with Crippen LogP contribution in [0, 0.1) is 11.7 Å². The molecule has 0 amide bonds. The normalized spacial score (nSPS) is 20.8. The molecule has 13 heteroatoms. The van der Waals surface area contributed by atoms with Gasteiger partial charge in [-0.25, -0.2) is 22.6 Å². The third kappa shape index (κ3) is 6.04. The number of aliphatic carboxylic acids is 1. The van der Waals surface area contributed by atoms with Gasteiger partial charge in [-0.2, -0.15) is 17.5 Å². The van der Waals surface area contributed by atoms with E-state index in [-0.39, 0.29) is 11.8 Å². The molecule has 3 heterocycles. The van der Waals surface area contributed by atoms with Crippen LogP contribution in [0.3, 0.4) is 0 Å². The van der Waals surface area contributed by atoms with Crippen molar-refractivity contribution in [2.75, 3.05) is 26.3 Å². The Bertz CT molecular complexity index is 872. The van der Waals surface area contributed by atoms with Gasteiger partial charge in [-0.15, -0.1) is 0 Å². The second-order valence-corrected chi connectivity index (χ2v) is 9.98. The Morgan fingerprint density at radius 1 is 1.42 bits per heavy atom. The average Bonchev–Trinajstić information content (AvgIpc) is 3.05. The van der Waals surface area contributed by atoms with Crippen LogP contribution in [-0.2, 0) is 19.6 Å². The molecule has 1 spiro atoms. The zero-order valence-corrected chi connectivity index (χ0v) is 17.7. The lowest BCUT2D eigenvalue weighted by Crippen LogP contribution is -2.66. The number of rotatable bonds is 6. The van der Waals surface area contributed by atoms with Crippen LogP contribution in [-0.4, -0.2) is 72.1 Å². The molecule has 1 aromatic rings. The second-order valence-electron chi connectivity index (χ2n) is 7.49. The molecule has 0 radical (unpaired) electrons. The summed E-state index contributed by atoms with van der Waals surface area (Å²) in [7, 11) is -3.23. The van der Waals surface area contributed by atoms with Crippen LogP contribution in [0.25, 0.3) is 0 Å². The number of carboxylic acid groups (broad SMARTS) is 1. The summed E-state index contributed by atoms with van der Waals surface area (Å²) in [6.07, 6.45) is -2.05. The first-order valence-corrected chi connectivity index (χ1v) is 11.0. The van der Waals surface area contributed by atoms with Crippen LogP contribution in [0.4, 0.5) is 17.6 Å². The standard InChI is InChI=1S/C16H23FN2O4S.C2HF3O2/c1-12(2)24(20,21)19-10-16(11-19)13(6-9-23-16)5-8-22-15-14(17)4-3-7-18-15;3-2(4,5)1(6)7/h3-4,7,12-13H,5-6,8-11H2,1-2H3;(H,6,7). The third-order valence-corrected chi connectivity index (χ3v) is 7.29. The Morgan fingerprint density at radius 3 is 2.55 bits per heavy atom. The highest BCUT2D eigenvalue weighted by Crippen LogP contribution is 2.43. The Hall–Kier alpha value is -1.99. The van der Waals surface area contributed by atoms with Crippen LogP contribution < -0.4 is 4.74 Å². The lowest BCUT2D eigenvalue weighted by atomic mass is 9.80. The number of halogens is 4. The summed E-state index contributed by atoms with van der Waals surface area (Å²) in [6, 6.07) is 2.82. The van der Waals surface area contributed by atoms with E-state index in [4.69, 9.17) is 19.4 Å². The van der Waals surface area contributed by atoms with Gasteiger partial charge in [0.05, 0.1) is 17.5 Å². The molecule has 0 aliphatic carbocycles. The van der Waals surface area contributed by atoms with Crippen LogP contribution >= 0.6 is 0 Å². The maximum absolute atomic E-state index is 13.5. The SMILES string of the molecule is CC(C)S(=O)(=O)N1CC2(C1)OCCC2CCOc1ncccc1F.O=C(O)C(F)(F)F. The maximum atomic E-state index is 13.5. The Kier molecular flexibility index (Phi) is 7.87. The van der Waals surface area contributed by atoms with Crippen molar-refractivity contribution in [1.82, 2.24) is 9.29 Å². The zero-order valence-electron chi connectivity index (χ0n) is 16.9. The van der Waals surface area contributed by atoms with Gasteiger partial charge in [0.15, 0.2) is 5.82 Å². The van der Waals surface area contributed by atoms with Crippen molar-refractivity contribution in [3.05, 3.63) is 24.1 Å². The average molecular weight is 472 g/mol. The van der Waals surface area contributed by atoms with Crippen molar-refractivity contribution in [3.63, 3.8) is 0 Å². The minimum Gasteiger partial charge on any atom is -0.476 e. The van der Waals surface area contributed by atoms with E-state index >= 15 is 0 Å². The molecular formula is C18H24F4N2O6S. The highest BCUT2D eigenvalue weighted by molar-refractivity contribution is 7.89. The molecule has 2 aliphatic rings. The van der Waals surface area contributed by atoms with E-state index in [1.165, 1.54) is 22.6 Å². The lowest BCUT2D eigenvalue weighted by molar-refractivity contribution is -0.192. The van der Waals surface area contributed by atoms with Gasteiger partial charge in [-0.05, 0) is 44.7 Å². The summed E-state index contributed by atoms with van der Waals surface area (Å²) in [6.45, 7) is 5.12. The van der Waals surface area contributed by atoms with E-state index in [1.54, 1.807) is 13.8 Å². The topological polar surface area (TPSA) is 106 Å². The van der Waals surface area contributed by atoms with Gasteiger partial charge in [-0.1, -0.05) is 0 Å². The predicted molar refractivity (Wildman–Crippen MR) is 100 cm³/mol. The first-order chi connectivity index (χ1) is 14.3. The predicted octanol–water partition coefficient (Wildman–Crippen LogP) is 2.45. The Labute approximate surface area is 177 Å². The van der Waals surface area contributed by atoms with E-state index in [0.29, 0.717) is 32.7 Å². The summed E-state index contributed by atoms with van der Waals surface area (Å²) in [4.78, 5) is 12.8. The van der Waals surface area contributed by atoms with Crippen LogP contribution in [0.5, 0.6) is 5.88 Å². The minimum atomic E-state index is -5.08. The van der Waals surface area contributed by atoms with Gasteiger partial charge in [0, 0.05) is 25.9 Å². The Balaban J connectivity index is 0.000000423. The molecule has 1 atom stereocenters. The molecule has 1 aromatic heterocycles. The number of hydrogen-bond acceptors (Lipinski definition) is 6. The fourth-order valence-corrected chi connectivity index (χ4v) is 4.74. The molecular weight excluding hydrogens is 448 g/mol. The van der Waals surface area contributed by atoms with Crippen molar-refractivity contribution in [2.24, 2.45) is 5.92 Å². The van der Waals surface area contributed by atoms with Crippen molar-refractivity contribution in [1.29, 1.82) is 0 Å². The molecule has 3 rings (SSSR count). The van der Waals surface area contributed by atoms with E-state index in [0.717, 1.165) is 6.42 Å². The van der Waals surface area contributed by atoms with Crippen LogP contribution in [0.2, 0.25) is 0 Å². The van der Waals surface area contributed by atoms with Gasteiger partial charge in [-0.3, -0.25) is 0 Å². The molecule has 0 saturated carbocycles. The number of carbonyl (C=O) groups is 1. The smallest absolute Gasteiger partial charge is 0.476 e. The Morgan fingerprint density at radius 2 is 2.03 bits per heavy atom. The summed E-state index contributed by atoms with van der Waals surface area (Å²) < 4.78 is 82.4. The van der Waals surface area contributed by atoms with Gasteiger partial charge in [0.2, 0.25) is 15.9 Å². The van der Waals surface area contributed by atoms with Crippen molar-refractivity contribution in [2.45, 2.75) is 43.7 Å². The molecule has 0 aromatic carbocycles. The monoisotopic (exact) mass is 472 g/mol. The van der Waals surface area contributed by atoms with Gasteiger partial charge < -0.3 is 14.6 Å². The molecule has 8 nitrogen and oxygen atoms in total. The number of hydrogen-bond donors (Lipinski definition) is 1. The summed E-state index contributed by atoms with van der Waals surface area (Å²) >= 11 is 0. The largest absolute Gasteiger partial charge is 0.490 e. The number of nitrogens with zero attached hydrogens (tertiary/aromatic N) is 2. The fraction of sp³-hybridized carbons (Fsp3) is 0.667. The first-order valence-electron chi connectivity index (χ1n) is 9.46. The van der Waals surface area contributed by atoms with Crippen LogP contribution in [0.15, 0.2) is 18.3 Å². The zero-order chi connectivity index (χ0) is 23.4. The number of alkyl halides is 3. The molecule has 2 saturated heterocycles. The van der Waals surface area contributed by atoms with Crippen molar-refractivity contribution < 1.29 is 45.4 Å². The fourth-order valence-electron chi connectivity index (χ4n) is 3.35. The highest BCUT2D eigenvalue weighted by atomic mass is 32.2. The number of sulfonamides is 1. The quantitative estimate of drug-likeness (QED) is 0.634. The number of aromatic nitrogens is 1. The first kappa shape index (κ1) is 25.3. The van der Waals surface area contributed by atoms with E-state index in [2.05, 4.69) is 4.98 Å². The molecule has 2 fully saturated rings. The van der Waals surface area contributed by atoms with Gasteiger partial charge in [0.25, 0.3) is 0 Å². The summed E-state index contributed by atoms with van der Waals surface area (Å²) in [5, 5.41) is 6.70. The lowest BCUT2D eigenvalue weighted by Gasteiger charge is -2.49. The van der Waals surface area contributed by atoms with E-state index in [1.807, 2.05) is 0 Å². The molecule has 31 heavy (non-hydrogen) atoms. The maximum Gasteiger partial charge on any atom is 0.490 e. The van der Waals surface area contributed by atoms with Gasteiger partial charge in [0.1, 0.15) is 0 Å². The minimum absolute atomic E-state index is 0.00286. The molecule has 1 unspecified atom stereocenters. The van der Waals surface area contributed by atoms with Gasteiger partial charge >= 0.3 is 12.1 Å². The second kappa shape index (κ2) is 9.65. The van der Waals surface area contributed by atoms with Crippen molar-refractivity contribution in [3.8, 4) is 5.88 Å². The summed E-state index contributed by atoms with van der Waals surface area (Å²) in [5.74, 6) is -3.02. The van der Waals surface area contributed by atoms with Crippen LogP contribution in [0.1, 0.15) is 26.7 Å². The number of carboxylic acids is 1. The van der Waals surface area contributed by atoms with Crippen molar-refractivity contribution >= 4 is 16.0 Å². The molecule has 0 bridgehead atoms. The molecule has 176 valence electrons. The number of pyridine rings is 1. The highest BCUT2D eigenvalue weighted by Gasteiger charge is 2.56. The third-order valence-electron chi connectivity index (χ3n) is 5.12. The molecule has 1 N–H and O–H groups in total. The number of ether oxygens (including phenoxy) is 2. The van der Waals surface area contributed by atoms with E-state index in [9.17, 15) is 26.0 Å². The summed E-state index contributed by atoms with van der Waals surface area (Å²) in [5.41, 5.74) is -0.409.